The number of carboxylic acid groups (broad SMARTS) is 1. The number of carboxylic acids is 1. The zero-order valence-electron chi connectivity index (χ0n) is 15.0. The predicted octanol–water partition coefficient (Wildman–Crippen LogP) is 5.35. The zero-order chi connectivity index (χ0) is 18.2. The second-order valence-electron chi connectivity index (χ2n) is 6.31. The lowest BCUT2D eigenvalue weighted by Gasteiger charge is -2.02. The van der Waals surface area contributed by atoms with Gasteiger partial charge >= 0.3 is 5.97 Å². The van der Waals surface area contributed by atoms with E-state index in [1.54, 1.807) is 13.0 Å². The molecule has 0 aliphatic rings. The molecule has 0 rings (SSSR count). The van der Waals surface area contributed by atoms with Gasteiger partial charge in [-0.15, -0.1) is 0 Å². The SMILES string of the molecule is C=C(C)C(=O)CCCCCCCCCCCCC=C(C#N)C(=O)O. The van der Waals surface area contributed by atoms with Crippen molar-refractivity contribution in [1.82, 2.24) is 0 Å². The van der Waals surface area contributed by atoms with E-state index in [9.17, 15) is 9.59 Å². The number of rotatable bonds is 15. The van der Waals surface area contributed by atoms with Crippen molar-refractivity contribution in [1.29, 1.82) is 5.26 Å². The van der Waals surface area contributed by atoms with Gasteiger partial charge in [-0.05, 0) is 31.8 Å². The normalized spacial score (nSPS) is 11.1. The number of nitrogens with zero attached hydrogens (tertiary/aromatic N) is 1. The quantitative estimate of drug-likeness (QED) is 0.249. The molecule has 0 radical (unpaired) electrons. The average Bonchev–Trinajstić information content (AvgIpc) is 2.54. The van der Waals surface area contributed by atoms with Crippen LogP contribution in [0.1, 0.15) is 84.0 Å². The van der Waals surface area contributed by atoms with Crippen LogP contribution < -0.4 is 0 Å². The summed E-state index contributed by atoms with van der Waals surface area (Å²) in [7, 11) is 0. The third kappa shape index (κ3) is 12.6. The Bertz CT molecular complexity index is 472. The van der Waals surface area contributed by atoms with Crippen LogP contribution in [0.4, 0.5) is 0 Å². The summed E-state index contributed by atoms with van der Waals surface area (Å²) in [5.74, 6) is -0.948. The second-order valence-corrected chi connectivity index (χ2v) is 6.31. The Morgan fingerprint density at radius 2 is 1.42 bits per heavy atom. The number of allylic oxidation sites excluding steroid dienone is 2. The topological polar surface area (TPSA) is 78.2 Å². The van der Waals surface area contributed by atoms with Crippen LogP contribution in [0.5, 0.6) is 0 Å². The Hall–Kier alpha value is -1.89. The van der Waals surface area contributed by atoms with Gasteiger partial charge in [-0.25, -0.2) is 4.79 Å². The van der Waals surface area contributed by atoms with E-state index in [2.05, 4.69) is 6.58 Å². The van der Waals surface area contributed by atoms with Gasteiger partial charge in [0.15, 0.2) is 5.78 Å². The molecule has 0 aromatic rings. The summed E-state index contributed by atoms with van der Waals surface area (Å²) in [6.07, 6.45) is 14.2. The number of hydrogen-bond donors (Lipinski definition) is 1. The maximum atomic E-state index is 11.4. The number of nitriles is 1. The Labute approximate surface area is 146 Å². The van der Waals surface area contributed by atoms with Crippen molar-refractivity contribution < 1.29 is 14.7 Å². The van der Waals surface area contributed by atoms with E-state index in [1.165, 1.54) is 38.2 Å². The predicted molar refractivity (Wildman–Crippen MR) is 96.6 cm³/mol. The molecule has 0 atom stereocenters. The van der Waals surface area contributed by atoms with Crippen LogP contribution in [0.25, 0.3) is 0 Å². The van der Waals surface area contributed by atoms with Crippen LogP contribution in [0.3, 0.4) is 0 Å². The molecular weight excluding hydrogens is 302 g/mol. The Balaban J connectivity index is 3.35. The minimum absolute atomic E-state index is 0.153. The Morgan fingerprint density at radius 3 is 1.83 bits per heavy atom. The minimum atomic E-state index is -1.14. The van der Waals surface area contributed by atoms with Crippen LogP contribution in [0, 0.1) is 11.3 Å². The molecule has 0 saturated carbocycles. The first kappa shape index (κ1) is 22.1. The molecular formula is C20H31NO3. The number of aliphatic carboxylic acids is 1. The van der Waals surface area contributed by atoms with E-state index in [-0.39, 0.29) is 11.4 Å². The van der Waals surface area contributed by atoms with Gasteiger partial charge in [0.2, 0.25) is 0 Å². The second kappa shape index (κ2) is 14.7. The van der Waals surface area contributed by atoms with Gasteiger partial charge in [-0.2, -0.15) is 5.26 Å². The fourth-order valence-electron chi connectivity index (χ4n) is 2.48. The maximum Gasteiger partial charge on any atom is 0.346 e. The fraction of sp³-hybridized carbons (Fsp3) is 0.650. The molecule has 0 aliphatic carbocycles. The van der Waals surface area contributed by atoms with Crippen LogP contribution in [-0.4, -0.2) is 16.9 Å². The lowest BCUT2D eigenvalue weighted by atomic mass is 10.0. The van der Waals surface area contributed by atoms with Crippen molar-refractivity contribution in [3.63, 3.8) is 0 Å². The molecule has 4 nitrogen and oxygen atoms in total. The molecule has 1 N–H and O–H groups in total. The molecule has 0 bridgehead atoms. The minimum Gasteiger partial charge on any atom is -0.477 e. The molecule has 0 aliphatic heterocycles. The van der Waals surface area contributed by atoms with Crippen molar-refractivity contribution in [2.24, 2.45) is 0 Å². The largest absolute Gasteiger partial charge is 0.477 e. The standard InChI is InChI=1S/C20H31NO3/c1-17(2)19(22)15-13-11-9-7-5-3-4-6-8-10-12-14-18(16-21)20(23)24/h14H,1,3-13,15H2,2H3,(H,23,24). The highest BCUT2D eigenvalue weighted by Crippen LogP contribution is 2.13. The monoisotopic (exact) mass is 333 g/mol. The molecule has 0 aromatic heterocycles. The lowest BCUT2D eigenvalue weighted by Crippen LogP contribution is -1.97. The fourth-order valence-corrected chi connectivity index (χ4v) is 2.48. The summed E-state index contributed by atoms with van der Waals surface area (Å²) in [5.41, 5.74) is 0.511. The highest BCUT2D eigenvalue weighted by molar-refractivity contribution is 5.94. The molecule has 0 unspecified atom stereocenters. The van der Waals surface area contributed by atoms with E-state index in [0.717, 1.165) is 32.1 Å². The molecule has 0 heterocycles. The summed E-state index contributed by atoms with van der Waals surface area (Å²) in [6, 6.07) is 1.69. The third-order valence-electron chi connectivity index (χ3n) is 4.03. The van der Waals surface area contributed by atoms with Crippen molar-refractivity contribution >= 4 is 11.8 Å². The van der Waals surface area contributed by atoms with Gasteiger partial charge < -0.3 is 5.11 Å². The molecule has 0 saturated heterocycles. The zero-order valence-corrected chi connectivity index (χ0v) is 15.0. The van der Waals surface area contributed by atoms with Crippen LogP contribution in [0.15, 0.2) is 23.8 Å². The van der Waals surface area contributed by atoms with Gasteiger partial charge in [-0.3, -0.25) is 4.79 Å². The first-order valence-electron chi connectivity index (χ1n) is 9.01. The van der Waals surface area contributed by atoms with Gasteiger partial charge in [0, 0.05) is 6.42 Å². The number of hydrogen-bond acceptors (Lipinski definition) is 3. The van der Waals surface area contributed by atoms with Crippen LogP contribution >= 0.6 is 0 Å². The van der Waals surface area contributed by atoms with E-state index in [4.69, 9.17) is 10.4 Å². The highest BCUT2D eigenvalue weighted by atomic mass is 16.4. The van der Waals surface area contributed by atoms with Crippen molar-refractivity contribution in [2.75, 3.05) is 0 Å². The van der Waals surface area contributed by atoms with E-state index >= 15 is 0 Å². The van der Waals surface area contributed by atoms with Crippen LogP contribution in [0.2, 0.25) is 0 Å². The molecule has 0 aromatic carbocycles. The van der Waals surface area contributed by atoms with Crippen molar-refractivity contribution in [2.45, 2.75) is 84.0 Å². The number of unbranched alkanes of at least 4 members (excludes halogenated alkanes) is 10. The number of ketones is 1. The first-order chi connectivity index (χ1) is 11.5. The Morgan fingerprint density at radius 1 is 0.958 bits per heavy atom. The van der Waals surface area contributed by atoms with Gasteiger partial charge in [0.25, 0.3) is 0 Å². The van der Waals surface area contributed by atoms with Crippen molar-refractivity contribution in [3.05, 3.63) is 23.8 Å². The summed E-state index contributed by atoms with van der Waals surface area (Å²) in [5, 5.41) is 17.3. The summed E-state index contributed by atoms with van der Waals surface area (Å²) in [4.78, 5) is 22.0. The molecule has 0 spiro atoms. The number of Topliss-reactive ketones (excluding diaryl/α,β-unsaturated/α-hetero) is 1. The van der Waals surface area contributed by atoms with Gasteiger partial charge in [0.05, 0.1) is 0 Å². The number of carbonyl (C=O) groups is 2. The van der Waals surface area contributed by atoms with E-state index < -0.39 is 5.97 Å². The molecule has 4 heteroatoms. The average molecular weight is 333 g/mol. The van der Waals surface area contributed by atoms with Crippen molar-refractivity contribution in [3.8, 4) is 6.07 Å². The number of carbonyl (C=O) groups excluding carboxylic acids is 1. The molecule has 0 fully saturated rings. The Kier molecular flexibility index (Phi) is 13.5. The smallest absolute Gasteiger partial charge is 0.346 e. The molecule has 134 valence electrons. The summed E-state index contributed by atoms with van der Waals surface area (Å²) in [6.45, 7) is 5.43. The maximum absolute atomic E-state index is 11.4. The van der Waals surface area contributed by atoms with E-state index in [0.29, 0.717) is 18.4 Å². The van der Waals surface area contributed by atoms with Gasteiger partial charge in [-0.1, -0.05) is 64.0 Å². The summed E-state index contributed by atoms with van der Waals surface area (Å²) >= 11 is 0. The molecule has 24 heavy (non-hydrogen) atoms. The first-order valence-corrected chi connectivity index (χ1v) is 9.01. The summed E-state index contributed by atoms with van der Waals surface area (Å²) < 4.78 is 0. The highest BCUT2D eigenvalue weighted by Gasteiger charge is 2.04. The van der Waals surface area contributed by atoms with E-state index in [1.807, 2.05) is 0 Å². The van der Waals surface area contributed by atoms with Crippen LogP contribution in [-0.2, 0) is 9.59 Å². The van der Waals surface area contributed by atoms with Gasteiger partial charge in [0.1, 0.15) is 11.6 Å². The third-order valence-corrected chi connectivity index (χ3v) is 4.03. The molecule has 0 amide bonds. The lowest BCUT2D eigenvalue weighted by molar-refractivity contribution is -0.132.